The van der Waals surface area contributed by atoms with E-state index in [1.54, 1.807) is 12.1 Å². The van der Waals surface area contributed by atoms with Crippen LogP contribution in [-0.2, 0) is 0 Å². The predicted octanol–water partition coefficient (Wildman–Crippen LogP) is 2.20. The summed E-state index contributed by atoms with van der Waals surface area (Å²) in [6, 6.07) is 4.56. The lowest BCUT2D eigenvalue weighted by molar-refractivity contribution is 0.102. The number of nitrogens with zero attached hydrogens (tertiary/aromatic N) is 2. The minimum atomic E-state index is -0.353. The van der Waals surface area contributed by atoms with Gasteiger partial charge in [0.15, 0.2) is 5.82 Å². The molecule has 5 nitrogen and oxygen atoms in total. The van der Waals surface area contributed by atoms with Crippen LogP contribution < -0.4 is 5.32 Å². The van der Waals surface area contributed by atoms with Crippen molar-refractivity contribution in [2.75, 3.05) is 5.32 Å². The molecule has 1 amide bonds. The predicted molar refractivity (Wildman–Crippen MR) is 65.8 cm³/mol. The van der Waals surface area contributed by atoms with Crippen LogP contribution in [0.25, 0.3) is 0 Å². The second-order valence-corrected chi connectivity index (χ2v) is 4.07. The molecular weight excluding hydrogens is 286 g/mol. The first kappa shape index (κ1) is 11.5. The van der Waals surface area contributed by atoms with Gasteiger partial charge in [0.05, 0.1) is 10.7 Å². The van der Waals surface area contributed by atoms with Gasteiger partial charge in [0.1, 0.15) is 5.75 Å². The zero-order chi connectivity index (χ0) is 12.3. The monoisotopic (exact) mass is 293 g/mol. The maximum Gasteiger partial charge on any atom is 0.256 e. The van der Waals surface area contributed by atoms with Gasteiger partial charge in [-0.25, -0.2) is 4.98 Å². The van der Waals surface area contributed by atoms with E-state index in [2.05, 4.69) is 31.2 Å². The molecule has 1 aromatic carbocycles. The fraction of sp³-hybridized carbons (Fsp3) is 0. The molecule has 0 aliphatic rings. The lowest BCUT2D eigenvalue weighted by atomic mass is 10.2. The summed E-state index contributed by atoms with van der Waals surface area (Å²) >= 11 is 3.14. The van der Waals surface area contributed by atoms with Crippen molar-refractivity contribution in [3.8, 4) is 5.75 Å². The Kier molecular flexibility index (Phi) is 3.34. The van der Waals surface area contributed by atoms with Crippen molar-refractivity contribution in [1.82, 2.24) is 9.97 Å². The Labute approximate surface area is 106 Å². The Morgan fingerprint density at radius 1 is 1.35 bits per heavy atom. The number of aromatic hydroxyl groups is 1. The molecule has 0 bridgehead atoms. The van der Waals surface area contributed by atoms with Crippen molar-refractivity contribution in [1.29, 1.82) is 0 Å². The summed E-state index contributed by atoms with van der Waals surface area (Å²) in [5.74, 6) is 0.0185. The van der Waals surface area contributed by atoms with Crippen molar-refractivity contribution in [3.63, 3.8) is 0 Å². The first-order valence-electron chi connectivity index (χ1n) is 4.72. The number of amides is 1. The molecule has 0 radical (unpaired) electrons. The molecule has 6 heteroatoms. The number of hydrogen-bond acceptors (Lipinski definition) is 4. The molecule has 0 saturated heterocycles. The van der Waals surface area contributed by atoms with Crippen molar-refractivity contribution in [2.24, 2.45) is 0 Å². The summed E-state index contributed by atoms with van der Waals surface area (Å²) in [7, 11) is 0. The van der Waals surface area contributed by atoms with E-state index in [4.69, 9.17) is 0 Å². The van der Waals surface area contributed by atoms with Crippen molar-refractivity contribution in [2.45, 2.75) is 0 Å². The minimum Gasteiger partial charge on any atom is -0.507 e. The van der Waals surface area contributed by atoms with E-state index in [9.17, 15) is 9.90 Å². The highest BCUT2D eigenvalue weighted by atomic mass is 79.9. The molecule has 0 atom stereocenters. The Balaban J connectivity index is 2.18. The van der Waals surface area contributed by atoms with Crippen LogP contribution >= 0.6 is 15.9 Å². The summed E-state index contributed by atoms with van der Waals surface area (Å²) in [6.07, 6.45) is 4.44. The van der Waals surface area contributed by atoms with Gasteiger partial charge in [0.2, 0.25) is 0 Å². The topological polar surface area (TPSA) is 75.1 Å². The fourth-order valence-corrected chi connectivity index (χ4v) is 1.45. The SMILES string of the molecule is O=C(Nc1cnccn1)c1ccc(Br)c(O)c1. The average molecular weight is 294 g/mol. The van der Waals surface area contributed by atoms with E-state index in [0.29, 0.717) is 15.9 Å². The van der Waals surface area contributed by atoms with Crippen LogP contribution in [0.15, 0.2) is 41.3 Å². The van der Waals surface area contributed by atoms with Crippen molar-refractivity contribution in [3.05, 3.63) is 46.8 Å². The number of carbonyl (C=O) groups excluding carboxylic acids is 1. The maximum absolute atomic E-state index is 11.8. The van der Waals surface area contributed by atoms with E-state index < -0.39 is 0 Å². The number of benzene rings is 1. The fourth-order valence-electron chi connectivity index (χ4n) is 1.21. The number of carbonyl (C=O) groups is 1. The summed E-state index contributed by atoms with van der Waals surface area (Å²) in [5, 5.41) is 12.0. The highest BCUT2D eigenvalue weighted by Crippen LogP contribution is 2.24. The Morgan fingerprint density at radius 2 is 2.18 bits per heavy atom. The van der Waals surface area contributed by atoms with Gasteiger partial charge in [-0.15, -0.1) is 0 Å². The van der Waals surface area contributed by atoms with E-state index in [0.717, 1.165) is 0 Å². The first-order chi connectivity index (χ1) is 8.16. The molecule has 2 N–H and O–H groups in total. The molecule has 1 aromatic heterocycles. The summed E-state index contributed by atoms with van der Waals surface area (Å²) in [4.78, 5) is 19.5. The molecule has 0 spiro atoms. The Morgan fingerprint density at radius 3 is 2.82 bits per heavy atom. The normalized spacial score (nSPS) is 9.94. The third-order valence-corrected chi connectivity index (χ3v) is 2.68. The quantitative estimate of drug-likeness (QED) is 0.890. The van der Waals surface area contributed by atoms with Gasteiger partial charge >= 0.3 is 0 Å². The van der Waals surface area contributed by atoms with E-state index >= 15 is 0 Å². The molecule has 2 rings (SSSR count). The number of phenols is 1. The summed E-state index contributed by atoms with van der Waals surface area (Å²) in [5.41, 5.74) is 0.344. The molecule has 17 heavy (non-hydrogen) atoms. The molecule has 0 fully saturated rings. The molecule has 0 aliphatic carbocycles. The van der Waals surface area contributed by atoms with Crippen LogP contribution in [0.1, 0.15) is 10.4 Å². The summed E-state index contributed by atoms with van der Waals surface area (Å²) in [6.45, 7) is 0. The van der Waals surface area contributed by atoms with Gasteiger partial charge in [-0.05, 0) is 34.1 Å². The van der Waals surface area contributed by atoms with Gasteiger partial charge in [-0.2, -0.15) is 0 Å². The molecule has 0 unspecified atom stereocenters. The molecule has 0 saturated carbocycles. The highest BCUT2D eigenvalue weighted by Gasteiger charge is 2.08. The molecular formula is C11H8BrN3O2. The van der Waals surface area contributed by atoms with Crippen molar-refractivity contribution < 1.29 is 9.90 Å². The molecule has 1 heterocycles. The lowest BCUT2D eigenvalue weighted by Crippen LogP contribution is -2.12. The first-order valence-corrected chi connectivity index (χ1v) is 5.52. The molecule has 86 valence electrons. The van der Waals surface area contributed by atoms with Gasteiger partial charge < -0.3 is 10.4 Å². The van der Waals surface area contributed by atoms with Gasteiger partial charge in [-0.1, -0.05) is 0 Å². The highest BCUT2D eigenvalue weighted by molar-refractivity contribution is 9.10. The number of nitrogens with one attached hydrogen (secondary N) is 1. The van der Waals surface area contributed by atoms with E-state index in [1.807, 2.05) is 0 Å². The number of rotatable bonds is 2. The van der Waals surface area contributed by atoms with Gasteiger partial charge in [0, 0.05) is 18.0 Å². The number of anilines is 1. The van der Waals surface area contributed by atoms with Gasteiger partial charge in [-0.3, -0.25) is 9.78 Å². The van der Waals surface area contributed by atoms with E-state index in [-0.39, 0.29) is 11.7 Å². The maximum atomic E-state index is 11.8. The third kappa shape index (κ3) is 2.79. The standard InChI is InChI=1S/C11H8BrN3O2/c12-8-2-1-7(5-9(8)16)11(17)15-10-6-13-3-4-14-10/h1-6,16H,(H,14,15,17). The Bertz CT molecular complexity index is 546. The zero-order valence-electron chi connectivity index (χ0n) is 8.59. The molecule has 2 aromatic rings. The van der Waals surface area contributed by atoms with Crippen LogP contribution in [0, 0.1) is 0 Å². The third-order valence-electron chi connectivity index (χ3n) is 2.01. The molecule has 0 aliphatic heterocycles. The number of phenolic OH excluding ortho intramolecular Hbond substituents is 1. The summed E-state index contributed by atoms with van der Waals surface area (Å²) < 4.78 is 0.536. The Hall–Kier alpha value is -1.95. The largest absolute Gasteiger partial charge is 0.507 e. The van der Waals surface area contributed by atoms with Crippen LogP contribution in [0.4, 0.5) is 5.82 Å². The lowest BCUT2D eigenvalue weighted by Gasteiger charge is -2.04. The van der Waals surface area contributed by atoms with Gasteiger partial charge in [0.25, 0.3) is 5.91 Å². The zero-order valence-corrected chi connectivity index (χ0v) is 10.2. The van der Waals surface area contributed by atoms with E-state index in [1.165, 1.54) is 24.7 Å². The van der Waals surface area contributed by atoms with Crippen LogP contribution in [0.3, 0.4) is 0 Å². The number of halogens is 1. The second kappa shape index (κ2) is 4.92. The number of hydrogen-bond donors (Lipinski definition) is 2. The number of aromatic nitrogens is 2. The second-order valence-electron chi connectivity index (χ2n) is 3.21. The van der Waals surface area contributed by atoms with Crippen LogP contribution in [-0.4, -0.2) is 21.0 Å². The minimum absolute atomic E-state index is 0.0109. The van der Waals surface area contributed by atoms with Crippen LogP contribution in [0.5, 0.6) is 5.75 Å². The average Bonchev–Trinajstić information content (AvgIpc) is 2.34. The van der Waals surface area contributed by atoms with Crippen molar-refractivity contribution >= 4 is 27.7 Å². The van der Waals surface area contributed by atoms with Crippen LogP contribution in [0.2, 0.25) is 0 Å². The smallest absolute Gasteiger partial charge is 0.256 e.